The van der Waals surface area contributed by atoms with Crippen LogP contribution in [0.2, 0.25) is 5.02 Å². The molecule has 120 valence electrons. The highest BCUT2D eigenvalue weighted by Gasteiger charge is 2.21. The van der Waals surface area contributed by atoms with Gasteiger partial charge in [0.1, 0.15) is 0 Å². The maximum absolute atomic E-state index is 12.4. The Bertz CT molecular complexity index is 760. The molecule has 0 spiro atoms. The number of fused-ring (bicyclic) bond motifs is 1. The summed E-state index contributed by atoms with van der Waals surface area (Å²) in [6, 6.07) is 6.87. The molecule has 2 amide bonds. The maximum Gasteiger partial charge on any atom is 0.250 e. The average molecular weight is 350 g/mol. The fraction of sp³-hybridized carbons (Fsp3) is 0.250. The number of nitrogens with two attached hydrogens (primary N) is 1. The van der Waals surface area contributed by atoms with E-state index in [1.165, 1.54) is 16.5 Å². The molecule has 7 heteroatoms. The first-order chi connectivity index (χ1) is 11.0. The van der Waals surface area contributed by atoms with Crippen LogP contribution >= 0.6 is 22.9 Å². The number of carbonyl (C=O) groups is 2. The zero-order chi connectivity index (χ0) is 16.4. The number of benzene rings is 1. The second-order valence-electron chi connectivity index (χ2n) is 5.34. The summed E-state index contributed by atoms with van der Waals surface area (Å²) in [6.07, 6.45) is 0.895. The third-order valence-electron chi connectivity index (χ3n) is 3.84. The van der Waals surface area contributed by atoms with Crippen molar-refractivity contribution in [2.75, 3.05) is 18.4 Å². The van der Waals surface area contributed by atoms with Gasteiger partial charge in [-0.15, -0.1) is 11.3 Å². The van der Waals surface area contributed by atoms with E-state index in [0.717, 1.165) is 13.0 Å². The molecule has 0 bridgehead atoms. The molecule has 1 aromatic heterocycles. The fourth-order valence-corrected chi connectivity index (χ4v) is 3.68. The molecular formula is C16H16ClN3O2S. The van der Waals surface area contributed by atoms with Crippen molar-refractivity contribution in [3.8, 4) is 0 Å². The van der Waals surface area contributed by atoms with Gasteiger partial charge in [-0.25, -0.2) is 0 Å². The summed E-state index contributed by atoms with van der Waals surface area (Å²) >= 11 is 7.61. The van der Waals surface area contributed by atoms with Crippen LogP contribution in [0.5, 0.6) is 0 Å². The van der Waals surface area contributed by atoms with Gasteiger partial charge in [-0.05, 0) is 41.6 Å². The Hall–Kier alpha value is -2.05. The van der Waals surface area contributed by atoms with E-state index in [2.05, 4.69) is 16.8 Å². The molecule has 0 fully saturated rings. The molecule has 0 unspecified atom stereocenters. The van der Waals surface area contributed by atoms with Crippen LogP contribution in [-0.2, 0) is 17.8 Å². The predicted molar refractivity (Wildman–Crippen MR) is 91.9 cm³/mol. The highest BCUT2D eigenvalue weighted by atomic mass is 35.5. The highest BCUT2D eigenvalue weighted by Crippen LogP contribution is 2.24. The normalized spacial score (nSPS) is 13.5. The molecule has 2 heterocycles. The molecule has 23 heavy (non-hydrogen) atoms. The topological polar surface area (TPSA) is 75.4 Å². The lowest BCUT2D eigenvalue weighted by atomic mass is 10.1. The van der Waals surface area contributed by atoms with Crippen LogP contribution in [-0.4, -0.2) is 29.8 Å². The number of hydrogen-bond donors (Lipinski definition) is 2. The van der Waals surface area contributed by atoms with Crippen molar-refractivity contribution in [1.29, 1.82) is 0 Å². The van der Waals surface area contributed by atoms with E-state index in [1.807, 2.05) is 4.90 Å². The van der Waals surface area contributed by atoms with E-state index >= 15 is 0 Å². The van der Waals surface area contributed by atoms with Gasteiger partial charge in [0.05, 0.1) is 12.1 Å². The molecule has 0 aliphatic carbocycles. The van der Waals surface area contributed by atoms with Crippen LogP contribution in [0.3, 0.4) is 0 Å². The Kier molecular flexibility index (Phi) is 4.54. The number of nitrogens with zero attached hydrogens (tertiary/aromatic N) is 1. The first-order valence-corrected chi connectivity index (χ1v) is 8.46. The van der Waals surface area contributed by atoms with Crippen molar-refractivity contribution in [3.05, 3.63) is 50.7 Å². The van der Waals surface area contributed by atoms with Crippen molar-refractivity contribution >= 4 is 40.4 Å². The Morgan fingerprint density at radius 2 is 2.17 bits per heavy atom. The van der Waals surface area contributed by atoms with Crippen molar-refractivity contribution in [3.63, 3.8) is 0 Å². The minimum atomic E-state index is -0.580. The molecule has 1 aliphatic rings. The number of thiophene rings is 1. The molecule has 0 saturated heterocycles. The number of rotatable bonds is 4. The summed E-state index contributed by atoms with van der Waals surface area (Å²) in [5, 5.41) is 5.48. The molecule has 1 aromatic carbocycles. The molecule has 1 aliphatic heterocycles. The van der Waals surface area contributed by atoms with Gasteiger partial charge >= 0.3 is 0 Å². The Labute approximate surface area is 143 Å². The first-order valence-electron chi connectivity index (χ1n) is 7.21. The Morgan fingerprint density at radius 1 is 1.35 bits per heavy atom. The molecular weight excluding hydrogens is 334 g/mol. The van der Waals surface area contributed by atoms with E-state index < -0.39 is 5.91 Å². The molecule has 3 rings (SSSR count). The van der Waals surface area contributed by atoms with E-state index in [1.54, 1.807) is 23.5 Å². The predicted octanol–water partition coefficient (Wildman–Crippen LogP) is 2.50. The third kappa shape index (κ3) is 3.48. The van der Waals surface area contributed by atoms with Gasteiger partial charge in [-0.1, -0.05) is 11.6 Å². The van der Waals surface area contributed by atoms with E-state index in [9.17, 15) is 9.59 Å². The van der Waals surface area contributed by atoms with Crippen LogP contribution in [0.4, 0.5) is 5.69 Å². The largest absolute Gasteiger partial charge is 0.376 e. The van der Waals surface area contributed by atoms with E-state index in [0.29, 0.717) is 17.3 Å². The van der Waals surface area contributed by atoms with Gasteiger partial charge < -0.3 is 16.0 Å². The number of carbonyl (C=O) groups excluding carboxylic acids is 2. The fourth-order valence-electron chi connectivity index (χ4n) is 2.62. The quantitative estimate of drug-likeness (QED) is 0.890. The second-order valence-corrected chi connectivity index (χ2v) is 6.78. The maximum atomic E-state index is 12.4. The second kappa shape index (κ2) is 6.60. The van der Waals surface area contributed by atoms with Crippen LogP contribution in [0, 0.1) is 0 Å². The van der Waals surface area contributed by atoms with Gasteiger partial charge in [-0.3, -0.25) is 9.59 Å². The van der Waals surface area contributed by atoms with Gasteiger partial charge in [0.2, 0.25) is 5.91 Å². The number of primary amides is 1. The lowest BCUT2D eigenvalue weighted by molar-refractivity contribution is -0.130. The Balaban J connectivity index is 1.65. The summed E-state index contributed by atoms with van der Waals surface area (Å²) in [4.78, 5) is 27.0. The molecule has 2 aromatic rings. The zero-order valence-electron chi connectivity index (χ0n) is 12.3. The van der Waals surface area contributed by atoms with E-state index in [4.69, 9.17) is 17.3 Å². The average Bonchev–Trinajstić information content (AvgIpc) is 3.00. The minimum Gasteiger partial charge on any atom is -0.376 e. The van der Waals surface area contributed by atoms with Crippen LogP contribution in [0.1, 0.15) is 20.8 Å². The van der Waals surface area contributed by atoms with Crippen LogP contribution < -0.4 is 11.1 Å². The van der Waals surface area contributed by atoms with Crippen LogP contribution in [0.15, 0.2) is 29.6 Å². The summed E-state index contributed by atoms with van der Waals surface area (Å²) in [6.45, 7) is 1.47. The molecule has 3 N–H and O–H groups in total. The van der Waals surface area contributed by atoms with Gasteiger partial charge in [-0.2, -0.15) is 0 Å². The zero-order valence-corrected chi connectivity index (χ0v) is 13.9. The smallest absolute Gasteiger partial charge is 0.250 e. The standard InChI is InChI=1S/C16H16ClN3O2S/c17-11-1-2-13(12(7-11)16(18)22)19-8-15(21)20-5-3-14-10(9-20)4-6-23-14/h1-2,4,6-7,19H,3,5,8-9H2,(H2,18,22). The van der Waals surface area contributed by atoms with Crippen molar-refractivity contribution < 1.29 is 9.59 Å². The number of halogens is 1. The lowest BCUT2D eigenvalue weighted by Gasteiger charge is -2.27. The SMILES string of the molecule is NC(=O)c1cc(Cl)ccc1NCC(=O)N1CCc2sccc2C1. The Morgan fingerprint density at radius 3 is 2.96 bits per heavy atom. The number of nitrogens with one attached hydrogen (secondary N) is 1. The number of hydrogen-bond acceptors (Lipinski definition) is 4. The molecule has 5 nitrogen and oxygen atoms in total. The van der Waals surface area contributed by atoms with Gasteiger partial charge in [0, 0.05) is 28.7 Å². The molecule has 0 atom stereocenters. The molecule has 0 saturated carbocycles. The minimum absolute atomic E-state index is 0.00720. The molecule has 0 radical (unpaired) electrons. The summed E-state index contributed by atoms with van der Waals surface area (Å²) < 4.78 is 0. The van der Waals surface area contributed by atoms with Crippen molar-refractivity contribution in [2.24, 2.45) is 5.73 Å². The summed E-state index contributed by atoms with van der Waals surface area (Å²) in [5.74, 6) is -0.587. The summed E-state index contributed by atoms with van der Waals surface area (Å²) in [7, 11) is 0. The third-order valence-corrected chi connectivity index (χ3v) is 5.10. The van der Waals surface area contributed by atoms with Crippen molar-refractivity contribution in [1.82, 2.24) is 4.90 Å². The first kappa shape index (κ1) is 15.8. The monoisotopic (exact) mass is 349 g/mol. The lowest BCUT2D eigenvalue weighted by Crippen LogP contribution is -2.39. The van der Waals surface area contributed by atoms with Crippen LogP contribution in [0.25, 0.3) is 0 Å². The van der Waals surface area contributed by atoms with Crippen molar-refractivity contribution in [2.45, 2.75) is 13.0 Å². The highest BCUT2D eigenvalue weighted by molar-refractivity contribution is 7.10. The van der Waals surface area contributed by atoms with Gasteiger partial charge in [0.25, 0.3) is 5.91 Å². The van der Waals surface area contributed by atoms with Gasteiger partial charge in [0.15, 0.2) is 0 Å². The number of anilines is 1. The summed E-state index contributed by atoms with van der Waals surface area (Å²) in [5.41, 5.74) is 7.36. The number of amides is 2. The van der Waals surface area contributed by atoms with E-state index in [-0.39, 0.29) is 18.0 Å².